The number of hydrogen-bond acceptors (Lipinski definition) is 2. The minimum Gasteiger partial charge on any atom is -0.352 e. The predicted octanol–water partition coefficient (Wildman–Crippen LogP) is 3.77. The normalized spacial score (nSPS) is 19.6. The summed E-state index contributed by atoms with van der Waals surface area (Å²) in [4.78, 5) is 26.8. The van der Waals surface area contributed by atoms with Gasteiger partial charge in [0.15, 0.2) is 0 Å². The van der Waals surface area contributed by atoms with Crippen LogP contribution in [0, 0.1) is 11.8 Å². The Hall–Kier alpha value is -2.62. The first-order valence-corrected chi connectivity index (χ1v) is 9.29. The third-order valence-corrected chi connectivity index (χ3v) is 5.23. The van der Waals surface area contributed by atoms with Crippen LogP contribution in [-0.4, -0.2) is 18.9 Å². The molecule has 2 aromatic carbocycles. The number of anilines is 1. The summed E-state index contributed by atoms with van der Waals surface area (Å²) in [5, 5.41) is 3.03. The van der Waals surface area contributed by atoms with E-state index < -0.39 is 0 Å². The van der Waals surface area contributed by atoms with Gasteiger partial charge in [-0.05, 0) is 43.4 Å². The molecule has 0 unspecified atom stereocenters. The Kier molecular flexibility index (Phi) is 6.05. The number of benzene rings is 2. The number of carbonyl (C=O) groups excluding carboxylic acids is 2. The van der Waals surface area contributed by atoms with Crippen LogP contribution in [0.2, 0.25) is 0 Å². The Balaban J connectivity index is 1.47. The lowest BCUT2D eigenvalue weighted by Crippen LogP contribution is -2.38. The highest BCUT2D eigenvalue weighted by Gasteiger charge is 2.31. The lowest BCUT2D eigenvalue weighted by molar-refractivity contribution is -0.129. The molecular formula is C22H26N2O2. The van der Waals surface area contributed by atoms with Gasteiger partial charge < -0.3 is 10.2 Å². The molecule has 0 heterocycles. The van der Waals surface area contributed by atoms with Crippen molar-refractivity contribution in [3.63, 3.8) is 0 Å². The van der Waals surface area contributed by atoms with Crippen molar-refractivity contribution in [2.24, 2.45) is 11.8 Å². The van der Waals surface area contributed by atoms with Crippen molar-refractivity contribution in [2.75, 3.05) is 11.9 Å². The van der Waals surface area contributed by atoms with Crippen LogP contribution < -0.4 is 10.2 Å². The molecule has 2 aromatic rings. The molecule has 0 atom stereocenters. The highest BCUT2D eigenvalue weighted by molar-refractivity contribution is 5.94. The molecule has 3 rings (SSSR count). The Bertz CT molecular complexity index is 722. The molecule has 2 amide bonds. The first-order valence-electron chi connectivity index (χ1n) is 9.29. The average molecular weight is 350 g/mol. The van der Waals surface area contributed by atoms with Crippen LogP contribution >= 0.6 is 0 Å². The van der Waals surface area contributed by atoms with Gasteiger partial charge in [-0.2, -0.15) is 0 Å². The molecule has 0 saturated heterocycles. The van der Waals surface area contributed by atoms with Gasteiger partial charge >= 0.3 is 0 Å². The molecule has 4 heteroatoms. The van der Waals surface area contributed by atoms with Gasteiger partial charge in [0.1, 0.15) is 0 Å². The monoisotopic (exact) mass is 350 g/mol. The average Bonchev–Trinajstić information content (AvgIpc) is 2.72. The zero-order chi connectivity index (χ0) is 18.4. The molecule has 1 fully saturated rings. The van der Waals surface area contributed by atoms with Crippen LogP contribution in [0.1, 0.15) is 31.2 Å². The van der Waals surface area contributed by atoms with E-state index in [9.17, 15) is 9.59 Å². The molecule has 1 N–H and O–H groups in total. The molecule has 1 saturated carbocycles. The van der Waals surface area contributed by atoms with E-state index >= 15 is 0 Å². The first kappa shape index (κ1) is 18.2. The Labute approximate surface area is 155 Å². The van der Waals surface area contributed by atoms with E-state index in [-0.39, 0.29) is 23.7 Å². The predicted molar refractivity (Wildman–Crippen MR) is 104 cm³/mol. The van der Waals surface area contributed by atoms with Gasteiger partial charge in [0.2, 0.25) is 11.8 Å². The van der Waals surface area contributed by atoms with Crippen LogP contribution in [0.4, 0.5) is 5.69 Å². The minimum absolute atomic E-state index is 0.0124. The Morgan fingerprint density at radius 1 is 0.885 bits per heavy atom. The maximum Gasteiger partial charge on any atom is 0.229 e. The first-order chi connectivity index (χ1) is 12.6. The molecule has 26 heavy (non-hydrogen) atoms. The quantitative estimate of drug-likeness (QED) is 0.892. The smallest absolute Gasteiger partial charge is 0.229 e. The zero-order valence-corrected chi connectivity index (χ0v) is 15.2. The van der Waals surface area contributed by atoms with E-state index in [4.69, 9.17) is 0 Å². The van der Waals surface area contributed by atoms with Crippen molar-refractivity contribution in [2.45, 2.75) is 32.2 Å². The van der Waals surface area contributed by atoms with E-state index in [1.165, 1.54) is 0 Å². The third kappa shape index (κ3) is 4.51. The van der Waals surface area contributed by atoms with Crippen molar-refractivity contribution in [3.8, 4) is 0 Å². The summed E-state index contributed by atoms with van der Waals surface area (Å²) in [5.74, 6) is 0.290. The fourth-order valence-electron chi connectivity index (χ4n) is 3.58. The van der Waals surface area contributed by atoms with E-state index in [0.29, 0.717) is 6.54 Å². The van der Waals surface area contributed by atoms with E-state index in [1.54, 1.807) is 4.90 Å². The summed E-state index contributed by atoms with van der Waals surface area (Å²) in [7, 11) is 1.83. The summed E-state index contributed by atoms with van der Waals surface area (Å²) in [6.45, 7) is 0.565. The van der Waals surface area contributed by atoms with Crippen molar-refractivity contribution in [3.05, 3.63) is 66.2 Å². The summed E-state index contributed by atoms with van der Waals surface area (Å²) in [5.41, 5.74) is 2.02. The van der Waals surface area contributed by atoms with Gasteiger partial charge in [-0.3, -0.25) is 9.59 Å². The highest BCUT2D eigenvalue weighted by Crippen LogP contribution is 2.31. The van der Waals surface area contributed by atoms with Gasteiger partial charge in [0, 0.05) is 31.1 Å². The third-order valence-electron chi connectivity index (χ3n) is 5.23. The summed E-state index contributed by atoms with van der Waals surface area (Å²) in [6.07, 6.45) is 3.11. The number of carbonyl (C=O) groups is 2. The van der Waals surface area contributed by atoms with E-state index in [2.05, 4.69) is 5.32 Å². The maximum absolute atomic E-state index is 12.7. The number of nitrogens with zero attached hydrogens (tertiary/aromatic N) is 1. The molecule has 136 valence electrons. The van der Waals surface area contributed by atoms with Gasteiger partial charge in [-0.25, -0.2) is 0 Å². The van der Waals surface area contributed by atoms with Crippen LogP contribution in [0.15, 0.2) is 60.7 Å². The summed E-state index contributed by atoms with van der Waals surface area (Å²) in [6, 6.07) is 19.6. The SMILES string of the molecule is CN(C(=O)C1CCC(C(=O)NCc2ccccc2)CC1)c1ccccc1. The molecule has 0 aromatic heterocycles. The number of amides is 2. The van der Waals surface area contributed by atoms with Crippen LogP contribution in [-0.2, 0) is 16.1 Å². The Morgan fingerprint density at radius 2 is 1.42 bits per heavy atom. The molecule has 1 aliphatic rings. The highest BCUT2D eigenvalue weighted by atomic mass is 16.2. The van der Waals surface area contributed by atoms with Crippen molar-refractivity contribution < 1.29 is 9.59 Å². The van der Waals surface area contributed by atoms with Gasteiger partial charge in [-0.1, -0.05) is 48.5 Å². The minimum atomic E-state index is 0.0124. The fraction of sp³-hybridized carbons (Fsp3) is 0.364. The van der Waals surface area contributed by atoms with Crippen molar-refractivity contribution >= 4 is 17.5 Å². The van der Waals surface area contributed by atoms with E-state index in [0.717, 1.165) is 36.9 Å². The van der Waals surface area contributed by atoms with Crippen molar-refractivity contribution in [1.82, 2.24) is 5.32 Å². The lowest BCUT2D eigenvalue weighted by atomic mass is 9.81. The second-order valence-electron chi connectivity index (χ2n) is 6.98. The summed E-state index contributed by atoms with van der Waals surface area (Å²) >= 11 is 0. The van der Waals surface area contributed by atoms with Gasteiger partial charge in [0.25, 0.3) is 0 Å². The van der Waals surface area contributed by atoms with Crippen molar-refractivity contribution in [1.29, 1.82) is 0 Å². The number of para-hydroxylation sites is 1. The number of rotatable bonds is 5. The molecular weight excluding hydrogens is 324 g/mol. The van der Waals surface area contributed by atoms with Crippen LogP contribution in [0.5, 0.6) is 0 Å². The maximum atomic E-state index is 12.7. The van der Waals surface area contributed by atoms with Gasteiger partial charge in [-0.15, -0.1) is 0 Å². The standard InChI is InChI=1S/C22H26N2O2/c1-24(20-10-6-3-7-11-20)22(26)19-14-12-18(13-15-19)21(25)23-16-17-8-4-2-5-9-17/h2-11,18-19H,12-16H2,1H3,(H,23,25). The molecule has 1 aliphatic carbocycles. The molecule has 0 bridgehead atoms. The molecule has 0 spiro atoms. The molecule has 0 radical (unpaired) electrons. The summed E-state index contributed by atoms with van der Waals surface area (Å²) < 4.78 is 0. The topological polar surface area (TPSA) is 49.4 Å². The van der Waals surface area contributed by atoms with Crippen LogP contribution in [0.3, 0.4) is 0 Å². The zero-order valence-electron chi connectivity index (χ0n) is 15.2. The lowest BCUT2D eigenvalue weighted by Gasteiger charge is -2.30. The molecule has 4 nitrogen and oxygen atoms in total. The second-order valence-corrected chi connectivity index (χ2v) is 6.98. The second kappa shape index (κ2) is 8.65. The van der Waals surface area contributed by atoms with Gasteiger partial charge in [0.05, 0.1) is 0 Å². The largest absolute Gasteiger partial charge is 0.352 e. The number of hydrogen-bond donors (Lipinski definition) is 1. The fourth-order valence-corrected chi connectivity index (χ4v) is 3.58. The Morgan fingerprint density at radius 3 is 2.04 bits per heavy atom. The van der Waals surface area contributed by atoms with E-state index in [1.807, 2.05) is 67.7 Å². The molecule has 0 aliphatic heterocycles. The number of nitrogens with one attached hydrogen (secondary N) is 1. The van der Waals surface area contributed by atoms with Crippen LogP contribution in [0.25, 0.3) is 0 Å².